The molecule has 0 saturated carbocycles. The summed E-state index contributed by atoms with van der Waals surface area (Å²) < 4.78 is 1.84. The summed E-state index contributed by atoms with van der Waals surface area (Å²) in [5.74, 6) is -0.0131. The molecule has 2 aromatic heterocycles. The van der Waals surface area contributed by atoms with Crippen LogP contribution in [0.4, 0.5) is 0 Å². The molecule has 110 valence electrons. The third kappa shape index (κ3) is 1.77. The lowest BCUT2D eigenvalue weighted by Crippen LogP contribution is -2.19. The van der Waals surface area contributed by atoms with Crippen molar-refractivity contribution in [3.05, 3.63) is 57.8 Å². The summed E-state index contributed by atoms with van der Waals surface area (Å²) in [6, 6.07) is 5.93. The van der Waals surface area contributed by atoms with Gasteiger partial charge in [-0.15, -0.1) is 0 Å². The van der Waals surface area contributed by atoms with Crippen LogP contribution in [0.25, 0.3) is 16.9 Å². The van der Waals surface area contributed by atoms with Crippen molar-refractivity contribution in [2.45, 2.75) is 12.8 Å². The lowest BCUT2D eigenvalue weighted by atomic mass is 10.0. The molecule has 2 N–H and O–H groups in total. The molecule has 6 heteroatoms. The Morgan fingerprint density at radius 2 is 2.32 bits per heavy atom. The van der Waals surface area contributed by atoms with Crippen LogP contribution in [-0.2, 0) is 17.6 Å². The molecule has 0 atom stereocenters. The van der Waals surface area contributed by atoms with Crippen LogP contribution in [-0.4, -0.2) is 27.3 Å². The van der Waals surface area contributed by atoms with E-state index in [2.05, 4.69) is 15.3 Å². The Balaban J connectivity index is 1.84. The van der Waals surface area contributed by atoms with E-state index in [0.717, 1.165) is 34.5 Å². The molecule has 0 fully saturated rings. The molecule has 4 rings (SSSR count). The highest BCUT2D eigenvalue weighted by Gasteiger charge is 2.23. The molecule has 1 aliphatic rings. The van der Waals surface area contributed by atoms with Crippen LogP contribution in [0.5, 0.6) is 0 Å². The summed E-state index contributed by atoms with van der Waals surface area (Å²) in [6.07, 6.45) is 4.51. The third-order valence-corrected chi connectivity index (χ3v) is 4.10. The Labute approximate surface area is 125 Å². The molecule has 3 aromatic rings. The zero-order valence-electron chi connectivity index (χ0n) is 12.0. The molecule has 6 nitrogen and oxygen atoms in total. The number of aromatic amines is 1. The number of benzene rings is 1. The van der Waals surface area contributed by atoms with E-state index in [-0.39, 0.29) is 11.5 Å². The van der Waals surface area contributed by atoms with Gasteiger partial charge in [0.15, 0.2) is 0 Å². The summed E-state index contributed by atoms with van der Waals surface area (Å²) in [4.78, 5) is 30.6. The van der Waals surface area contributed by atoms with Crippen molar-refractivity contribution in [2.75, 3.05) is 7.05 Å². The fourth-order valence-electron chi connectivity index (χ4n) is 3.05. The van der Waals surface area contributed by atoms with Crippen LogP contribution >= 0.6 is 0 Å². The number of hydrogen-bond donors (Lipinski definition) is 2. The highest BCUT2D eigenvalue weighted by atomic mass is 16.1. The van der Waals surface area contributed by atoms with Crippen LogP contribution in [0.1, 0.15) is 16.8 Å². The first-order valence-electron chi connectivity index (χ1n) is 7.08. The quantitative estimate of drug-likeness (QED) is 0.576. The Hall–Kier alpha value is -2.89. The summed E-state index contributed by atoms with van der Waals surface area (Å²) in [5.41, 5.74) is 5.20. The number of imidazole rings is 1. The van der Waals surface area contributed by atoms with Gasteiger partial charge in [-0.3, -0.25) is 14.0 Å². The van der Waals surface area contributed by atoms with Crippen molar-refractivity contribution in [1.29, 1.82) is 0 Å². The summed E-state index contributed by atoms with van der Waals surface area (Å²) in [7, 11) is 1.63. The van der Waals surface area contributed by atoms with E-state index in [1.807, 2.05) is 22.6 Å². The van der Waals surface area contributed by atoms with Gasteiger partial charge in [0.05, 0.1) is 17.8 Å². The van der Waals surface area contributed by atoms with Gasteiger partial charge >= 0.3 is 0 Å². The topological polar surface area (TPSA) is 79.3 Å². The van der Waals surface area contributed by atoms with Crippen molar-refractivity contribution < 1.29 is 4.79 Å². The summed E-state index contributed by atoms with van der Waals surface area (Å²) in [6.45, 7) is 0. The van der Waals surface area contributed by atoms with Gasteiger partial charge in [0, 0.05) is 31.4 Å². The van der Waals surface area contributed by atoms with E-state index >= 15 is 0 Å². The van der Waals surface area contributed by atoms with Gasteiger partial charge in [0.1, 0.15) is 0 Å². The van der Waals surface area contributed by atoms with Crippen LogP contribution < -0.4 is 10.9 Å². The molecule has 0 radical (unpaired) electrons. The second-order valence-electron chi connectivity index (χ2n) is 5.41. The Kier molecular flexibility index (Phi) is 2.66. The van der Waals surface area contributed by atoms with Crippen LogP contribution in [0.3, 0.4) is 0 Å². The van der Waals surface area contributed by atoms with Crippen molar-refractivity contribution in [3.63, 3.8) is 0 Å². The average Bonchev–Trinajstić information content (AvgIpc) is 3.11. The maximum atomic E-state index is 12.1. The molecule has 0 saturated heterocycles. The number of fused-ring (bicyclic) bond motifs is 5. The van der Waals surface area contributed by atoms with Gasteiger partial charge < -0.3 is 10.3 Å². The number of carbonyl (C=O) groups is 1. The molecule has 0 bridgehead atoms. The smallest absolute Gasteiger partial charge is 0.292 e. The molecule has 0 unspecified atom stereocenters. The molecule has 1 amide bonds. The number of rotatable bonds is 2. The Morgan fingerprint density at radius 1 is 1.45 bits per heavy atom. The molecule has 0 spiro atoms. The average molecular weight is 294 g/mol. The van der Waals surface area contributed by atoms with Crippen LogP contribution in [0.15, 0.2) is 35.4 Å². The zero-order chi connectivity index (χ0) is 15.3. The first kappa shape index (κ1) is 12.8. The first-order chi connectivity index (χ1) is 10.7. The number of nitrogens with zero attached hydrogens (tertiary/aromatic N) is 2. The SMILES string of the molecule is CNC(=O)Cc1ccc2c(c1)Cc1c-2[nH]c(=O)c2nccn12. The van der Waals surface area contributed by atoms with Crippen molar-refractivity contribution in [3.8, 4) is 11.3 Å². The minimum atomic E-state index is -0.189. The lowest BCUT2D eigenvalue weighted by molar-refractivity contribution is -0.119. The first-order valence-corrected chi connectivity index (χ1v) is 7.08. The zero-order valence-corrected chi connectivity index (χ0v) is 12.0. The Morgan fingerprint density at radius 3 is 3.14 bits per heavy atom. The standard InChI is InChI=1S/C16H14N4O2/c1-17-13(21)7-9-2-3-11-10(6-9)8-12-14(11)19-16(22)15-18-4-5-20(12)15/h2-6H,7-8H2,1H3,(H,17,21)(H,19,22). The summed E-state index contributed by atoms with van der Waals surface area (Å²) >= 11 is 0. The summed E-state index contributed by atoms with van der Waals surface area (Å²) in [5, 5.41) is 2.63. The monoisotopic (exact) mass is 294 g/mol. The lowest BCUT2D eigenvalue weighted by Gasteiger charge is -2.04. The number of likely N-dealkylation sites (N-methyl/N-ethyl adjacent to an activating group) is 1. The minimum absolute atomic E-state index is 0.0131. The van der Waals surface area contributed by atoms with E-state index in [4.69, 9.17) is 0 Å². The highest BCUT2D eigenvalue weighted by molar-refractivity contribution is 5.79. The maximum absolute atomic E-state index is 12.1. The highest BCUT2D eigenvalue weighted by Crippen LogP contribution is 2.34. The number of hydrogen-bond acceptors (Lipinski definition) is 3. The number of aromatic nitrogens is 3. The van der Waals surface area contributed by atoms with E-state index < -0.39 is 0 Å². The van der Waals surface area contributed by atoms with Crippen molar-refractivity contribution >= 4 is 11.6 Å². The molecule has 1 aromatic carbocycles. The van der Waals surface area contributed by atoms with Crippen LogP contribution in [0.2, 0.25) is 0 Å². The van der Waals surface area contributed by atoms with Gasteiger partial charge in [0.2, 0.25) is 11.6 Å². The number of nitrogens with one attached hydrogen (secondary N) is 2. The third-order valence-electron chi connectivity index (χ3n) is 4.10. The van der Waals surface area contributed by atoms with Gasteiger partial charge in [0.25, 0.3) is 5.56 Å². The fraction of sp³-hybridized carbons (Fsp3) is 0.188. The van der Waals surface area contributed by atoms with Gasteiger partial charge in [-0.2, -0.15) is 0 Å². The van der Waals surface area contributed by atoms with Gasteiger partial charge in [-0.25, -0.2) is 4.98 Å². The van der Waals surface area contributed by atoms with Crippen molar-refractivity contribution in [1.82, 2.24) is 19.7 Å². The van der Waals surface area contributed by atoms with E-state index in [1.54, 1.807) is 19.4 Å². The molecule has 2 heterocycles. The van der Waals surface area contributed by atoms with E-state index in [9.17, 15) is 9.59 Å². The number of carbonyl (C=O) groups excluding carboxylic acids is 1. The minimum Gasteiger partial charge on any atom is -0.359 e. The predicted octanol–water partition coefficient (Wildman–Crippen LogP) is 0.882. The largest absolute Gasteiger partial charge is 0.359 e. The fourth-order valence-corrected chi connectivity index (χ4v) is 3.05. The van der Waals surface area contributed by atoms with Crippen LogP contribution in [0, 0.1) is 0 Å². The normalized spacial score (nSPS) is 12.2. The molecular weight excluding hydrogens is 280 g/mol. The van der Waals surface area contributed by atoms with Gasteiger partial charge in [-0.05, 0) is 11.1 Å². The molecular formula is C16H14N4O2. The number of H-pyrrole nitrogens is 1. The Bertz CT molecular complexity index is 968. The second kappa shape index (κ2) is 4.56. The molecule has 1 aliphatic carbocycles. The second-order valence-corrected chi connectivity index (χ2v) is 5.41. The molecule has 0 aliphatic heterocycles. The van der Waals surface area contributed by atoms with E-state index in [1.165, 1.54) is 0 Å². The van der Waals surface area contributed by atoms with Crippen molar-refractivity contribution in [2.24, 2.45) is 0 Å². The maximum Gasteiger partial charge on any atom is 0.292 e. The number of amides is 1. The predicted molar refractivity (Wildman–Crippen MR) is 81.8 cm³/mol. The van der Waals surface area contributed by atoms with Gasteiger partial charge in [-0.1, -0.05) is 18.2 Å². The van der Waals surface area contributed by atoms with E-state index in [0.29, 0.717) is 12.1 Å². The molecule has 22 heavy (non-hydrogen) atoms.